The van der Waals surface area contributed by atoms with Gasteiger partial charge in [0.1, 0.15) is 12.1 Å². The maximum atomic E-state index is 13.0. The van der Waals surface area contributed by atoms with Crippen LogP contribution >= 0.6 is 24.4 Å². The number of benzene rings is 4. The molecule has 10 N–H and O–H groups in total. The number of rotatable bonds is 14. The number of para-hydroxylation sites is 2. The van der Waals surface area contributed by atoms with Crippen molar-refractivity contribution in [2.24, 2.45) is 0 Å². The van der Waals surface area contributed by atoms with Gasteiger partial charge in [-0.15, -0.1) is 0 Å². The van der Waals surface area contributed by atoms with Gasteiger partial charge in [0.05, 0.1) is 21.7 Å². The van der Waals surface area contributed by atoms with Gasteiger partial charge in [0.25, 0.3) is 23.2 Å². The van der Waals surface area contributed by atoms with Crippen LogP contribution < -0.4 is 43.0 Å². The number of nitro benzene ring substituents is 2. The van der Waals surface area contributed by atoms with Crippen LogP contribution in [0.5, 0.6) is 0 Å². The number of thiocarbonyl (C=S) groups is 2. The number of hydrogen-bond donors (Lipinski definition) is 10. The van der Waals surface area contributed by atoms with Crippen molar-refractivity contribution in [1.82, 2.24) is 42.3 Å². The minimum atomic E-state index is -0.897. The van der Waals surface area contributed by atoms with Gasteiger partial charge >= 0.3 is 17.1 Å². The molecule has 8 rings (SSSR count). The summed E-state index contributed by atoms with van der Waals surface area (Å²) >= 11 is 10.4. The molecule has 2 atom stereocenters. The second kappa shape index (κ2) is 25.4. The van der Waals surface area contributed by atoms with Gasteiger partial charge in [-0.1, -0.05) is 36.4 Å². The fraction of sp³-hybridized carbons (Fsp3) is 0.0833. The Balaban J connectivity index is 0.000000229. The average molecular weight is 1030 g/mol. The number of fused-ring (bicyclic) bond motifs is 2. The third-order valence-corrected chi connectivity index (χ3v) is 11.0. The summed E-state index contributed by atoms with van der Waals surface area (Å²) in [6, 6.07) is 24.9. The molecule has 2 saturated carbocycles. The zero-order valence-corrected chi connectivity index (χ0v) is 39.6. The smallest absolute Gasteiger partial charge is 0.361 e. The van der Waals surface area contributed by atoms with Crippen molar-refractivity contribution in [3.8, 4) is 0 Å². The van der Waals surface area contributed by atoms with Gasteiger partial charge in [0.15, 0.2) is 10.2 Å². The summed E-state index contributed by atoms with van der Waals surface area (Å²) in [5, 5.41) is 34.8. The van der Waals surface area contributed by atoms with Crippen molar-refractivity contribution in [1.29, 1.82) is 0 Å². The summed E-state index contributed by atoms with van der Waals surface area (Å²) in [6.45, 7) is 0. The number of aromatic amines is 2. The van der Waals surface area contributed by atoms with Crippen molar-refractivity contribution in [2.45, 2.75) is 24.9 Å². The number of hydrogen-bond acceptors (Lipinski definition) is 10. The van der Waals surface area contributed by atoms with E-state index in [1.165, 1.54) is 48.5 Å². The number of nitrogens with one attached hydrogen (secondary N) is 10. The van der Waals surface area contributed by atoms with E-state index in [-0.39, 0.29) is 63.3 Å². The van der Waals surface area contributed by atoms with E-state index in [9.17, 15) is 39.4 Å². The van der Waals surface area contributed by atoms with Crippen LogP contribution in [0.15, 0.2) is 109 Å². The van der Waals surface area contributed by atoms with Gasteiger partial charge in [-0.2, -0.15) is 0 Å². The Bertz CT molecular complexity index is 2670. The van der Waals surface area contributed by atoms with E-state index in [0.29, 0.717) is 23.2 Å². The van der Waals surface area contributed by atoms with Crippen molar-refractivity contribution < 1.29 is 46.1 Å². The number of non-ortho nitro benzene ring substituents is 2. The number of aromatic nitrogens is 2. The minimum Gasteiger partial charge on any atom is -0.361 e. The molecule has 2 aliphatic rings. The van der Waals surface area contributed by atoms with Gasteiger partial charge in [-0.3, -0.25) is 61.1 Å². The number of nitro groups is 2. The van der Waals surface area contributed by atoms with Crippen LogP contribution in [0, 0.1) is 83.4 Å². The molecule has 0 spiro atoms. The topological polar surface area (TPSA) is 282 Å². The molecule has 0 saturated heterocycles. The Morgan fingerprint density at radius 2 is 0.873 bits per heavy atom. The molecule has 2 fully saturated rings. The number of hydrazine groups is 2. The van der Waals surface area contributed by atoms with E-state index >= 15 is 0 Å². The van der Waals surface area contributed by atoms with Crippen molar-refractivity contribution in [3.05, 3.63) is 204 Å². The zero-order valence-electron chi connectivity index (χ0n) is 36.9. The third kappa shape index (κ3) is 14.8. The maximum Gasteiger partial charge on any atom is 2.00 e. The van der Waals surface area contributed by atoms with Gasteiger partial charge in [-0.05, 0) is 123 Å². The van der Waals surface area contributed by atoms with Crippen LogP contribution in [0.1, 0.15) is 11.1 Å². The van der Waals surface area contributed by atoms with E-state index in [1.807, 2.05) is 60.9 Å². The minimum absolute atomic E-state index is 0. The van der Waals surface area contributed by atoms with Crippen molar-refractivity contribution >= 4 is 103 Å². The molecule has 2 heterocycles. The normalized spacial score (nSPS) is 14.1. The molecule has 71 heavy (non-hydrogen) atoms. The first-order valence-corrected chi connectivity index (χ1v) is 22.0. The second-order valence-corrected chi connectivity index (χ2v) is 16.1. The number of amides is 4. The number of nitrogens with zero attached hydrogens (tertiary/aromatic N) is 2. The van der Waals surface area contributed by atoms with Crippen LogP contribution in [0.4, 0.5) is 22.7 Å². The van der Waals surface area contributed by atoms with Gasteiger partial charge in [0, 0.05) is 82.7 Å². The summed E-state index contributed by atoms with van der Waals surface area (Å²) < 4.78 is 0. The summed E-state index contributed by atoms with van der Waals surface area (Å²) in [5.41, 5.74) is 14.7. The fourth-order valence-electron chi connectivity index (χ4n) is 7.06. The fourth-order valence-corrected chi connectivity index (χ4v) is 7.40. The molecule has 23 heteroatoms. The molecule has 0 bridgehead atoms. The Morgan fingerprint density at radius 3 is 1.23 bits per heavy atom. The summed E-state index contributed by atoms with van der Waals surface area (Å²) in [5.74, 6) is -0.843. The van der Waals surface area contributed by atoms with Crippen molar-refractivity contribution in [3.63, 3.8) is 0 Å². The first kappa shape index (κ1) is 52.9. The van der Waals surface area contributed by atoms with Crippen molar-refractivity contribution in [2.75, 3.05) is 10.6 Å². The van der Waals surface area contributed by atoms with E-state index in [2.05, 4.69) is 52.9 Å². The Hall–Kier alpha value is -7.46. The van der Waals surface area contributed by atoms with Crippen LogP contribution in [0.2, 0.25) is 0 Å². The number of carbonyl (C=O) groups excluding carboxylic acids is 4. The number of carbonyl (C=O) groups is 4. The molecular weight excluding hydrogens is 993 g/mol. The monoisotopic (exact) mass is 1030 g/mol. The van der Waals surface area contributed by atoms with E-state index in [0.717, 1.165) is 32.9 Å². The Kier molecular flexibility index (Phi) is 18.9. The van der Waals surface area contributed by atoms with E-state index in [1.54, 1.807) is 51.4 Å². The van der Waals surface area contributed by atoms with E-state index in [4.69, 9.17) is 24.4 Å². The largest absolute Gasteiger partial charge is 2.00 e. The summed E-state index contributed by atoms with van der Waals surface area (Å²) in [6.07, 6.45) is 17.7. The van der Waals surface area contributed by atoms with Gasteiger partial charge < -0.3 is 31.2 Å². The molecular formula is C48H42FeN12O8S2+2. The van der Waals surface area contributed by atoms with Gasteiger partial charge in [0.2, 0.25) is 11.8 Å². The van der Waals surface area contributed by atoms with Crippen LogP contribution in [-0.4, -0.2) is 65.8 Å². The molecule has 4 aromatic carbocycles. The first-order valence-electron chi connectivity index (χ1n) is 21.2. The predicted molar refractivity (Wildman–Crippen MR) is 270 cm³/mol. The summed E-state index contributed by atoms with van der Waals surface area (Å²) in [7, 11) is 0. The zero-order chi connectivity index (χ0) is 49.6. The van der Waals surface area contributed by atoms with Gasteiger partial charge in [-0.25, -0.2) is 0 Å². The van der Waals surface area contributed by atoms with E-state index < -0.39 is 33.7 Å². The Labute approximate surface area is 428 Å². The van der Waals surface area contributed by atoms with Crippen LogP contribution in [0.25, 0.3) is 21.8 Å². The molecule has 20 nitrogen and oxygen atoms in total. The Morgan fingerprint density at radius 1 is 0.521 bits per heavy atom. The number of anilines is 2. The molecule has 0 aliphatic heterocycles. The number of H-pyrrole nitrogens is 2. The summed E-state index contributed by atoms with van der Waals surface area (Å²) in [4.78, 5) is 78.3. The molecule has 2 aromatic heterocycles. The molecule has 4 amide bonds. The second-order valence-electron chi connectivity index (χ2n) is 15.3. The first-order chi connectivity index (χ1) is 33.8. The standard InChI is InChI=1S/2C24H21N6O4S.Fe/c2*31-22(15-5-1-2-6-15)27-21(13-16-14-25-20-8-4-3-7-19(16)20)23(32)28-29-24(35)26-17-9-11-18(12-10-17)30(33)34;/h2*1-12,14,21,25H,13H2,(H,27,31)(H,28,32)(H2,26,29,35);/q;;+2/t2*21-;/m00./s1. The predicted octanol–water partition coefficient (Wildman–Crippen LogP) is 5.05. The molecule has 0 unspecified atom stereocenters. The molecule has 6 aromatic rings. The average Bonchev–Trinajstić information content (AvgIpc) is 4.22. The quantitative estimate of drug-likeness (QED) is 0.0296. The third-order valence-electron chi connectivity index (χ3n) is 10.6. The molecule has 10 radical (unpaired) electrons. The molecule has 2 aliphatic carbocycles. The van der Waals surface area contributed by atoms with Crippen LogP contribution in [0.3, 0.4) is 0 Å². The van der Waals surface area contributed by atoms with Crippen LogP contribution in [-0.2, 0) is 49.1 Å². The SMILES string of the molecule is O=C(N[C@@H](Cc1c[nH]c2ccccc12)C(=O)NNC(=S)Nc1ccc([N+](=O)[O-])cc1)[C]1[CH][CH][CH][CH]1.O=C(N[C@@H](Cc1c[nH]c2ccccc12)C(=O)NNC(=S)Nc1ccc([N+](=O)[O-])cc1)[C]1[CH][CH][CH][CH]1.[Fe+2]. The maximum absolute atomic E-state index is 13.0. The molecule has 360 valence electrons.